The van der Waals surface area contributed by atoms with Crippen LogP contribution in [0.4, 0.5) is 0 Å². The average Bonchev–Trinajstić information content (AvgIpc) is 2.77. The number of aryl methyl sites for hydroxylation is 1. The maximum absolute atomic E-state index is 6.02. The topological polar surface area (TPSA) is 43.8 Å². The van der Waals surface area contributed by atoms with E-state index in [1.165, 1.54) is 11.3 Å². The molecule has 1 unspecified atom stereocenters. The van der Waals surface area contributed by atoms with Crippen molar-refractivity contribution in [1.82, 2.24) is 9.55 Å². The second kappa shape index (κ2) is 5.15. The van der Waals surface area contributed by atoms with Gasteiger partial charge in [-0.25, -0.2) is 4.98 Å². The minimum absolute atomic E-state index is 0.215. The lowest BCUT2D eigenvalue weighted by atomic mass is 10.1. The number of rotatable bonds is 4. The Morgan fingerprint density at radius 2 is 2.18 bits per heavy atom. The number of hydrogen-bond acceptors (Lipinski definition) is 2. The van der Waals surface area contributed by atoms with Crippen LogP contribution in [0.25, 0.3) is 5.82 Å². The molecular formula is C14H19N3. The SMILES string of the molecule is CCC(N)Cc1cccn1-c1ncccc1C. The van der Waals surface area contributed by atoms with Crippen molar-refractivity contribution in [3.05, 3.63) is 47.9 Å². The molecule has 90 valence electrons. The van der Waals surface area contributed by atoms with Crippen molar-refractivity contribution in [3.8, 4) is 5.82 Å². The summed E-state index contributed by atoms with van der Waals surface area (Å²) in [5.41, 5.74) is 8.41. The summed E-state index contributed by atoms with van der Waals surface area (Å²) in [6.07, 6.45) is 5.75. The van der Waals surface area contributed by atoms with Crippen molar-refractivity contribution in [2.75, 3.05) is 0 Å². The van der Waals surface area contributed by atoms with Gasteiger partial charge >= 0.3 is 0 Å². The van der Waals surface area contributed by atoms with Gasteiger partial charge in [0.1, 0.15) is 5.82 Å². The van der Waals surface area contributed by atoms with Crippen LogP contribution in [0, 0.1) is 6.92 Å². The van der Waals surface area contributed by atoms with Crippen LogP contribution in [0.2, 0.25) is 0 Å². The quantitative estimate of drug-likeness (QED) is 0.875. The highest BCUT2D eigenvalue weighted by Crippen LogP contribution is 2.15. The first kappa shape index (κ1) is 11.9. The molecule has 0 aliphatic carbocycles. The molecule has 2 heterocycles. The van der Waals surface area contributed by atoms with Gasteiger partial charge in [-0.15, -0.1) is 0 Å². The van der Waals surface area contributed by atoms with E-state index in [9.17, 15) is 0 Å². The van der Waals surface area contributed by atoms with E-state index >= 15 is 0 Å². The van der Waals surface area contributed by atoms with E-state index in [1.807, 2.05) is 24.5 Å². The normalized spacial score (nSPS) is 12.6. The molecule has 0 radical (unpaired) electrons. The summed E-state index contributed by atoms with van der Waals surface area (Å²) >= 11 is 0. The third-order valence-electron chi connectivity index (χ3n) is 3.04. The minimum atomic E-state index is 0.215. The molecule has 2 rings (SSSR count). The van der Waals surface area contributed by atoms with Crippen LogP contribution in [0.1, 0.15) is 24.6 Å². The van der Waals surface area contributed by atoms with Crippen LogP contribution in [-0.4, -0.2) is 15.6 Å². The lowest BCUT2D eigenvalue weighted by molar-refractivity contribution is 0.628. The molecule has 0 aromatic carbocycles. The summed E-state index contributed by atoms with van der Waals surface area (Å²) in [5.74, 6) is 0.996. The maximum Gasteiger partial charge on any atom is 0.139 e. The van der Waals surface area contributed by atoms with Gasteiger partial charge < -0.3 is 10.3 Å². The molecule has 0 saturated heterocycles. The first-order valence-corrected chi connectivity index (χ1v) is 6.06. The molecule has 2 aromatic rings. The van der Waals surface area contributed by atoms with Gasteiger partial charge in [-0.2, -0.15) is 0 Å². The predicted octanol–water partition coefficient (Wildman–Crippen LogP) is 2.46. The van der Waals surface area contributed by atoms with Crippen LogP contribution in [0.15, 0.2) is 36.7 Å². The zero-order valence-corrected chi connectivity index (χ0v) is 10.4. The third kappa shape index (κ3) is 2.56. The zero-order chi connectivity index (χ0) is 12.3. The van der Waals surface area contributed by atoms with Gasteiger partial charge in [0.2, 0.25) is 0 Å². The lowest BCUT2D eigenvalue weighted by Crippen LogP contribution is -2.23. The number of nitrogens with zero attached hydrogens (tertiary/aromatic N) is 2. The Labute approximate surface area is 102 Å². The van der Waals surface area contributed by atoms with E-state index < -0.39 is 0 Å². The smallest absolute Gasteiger partial charge is 0.139 e. The van der Waals surface area contributed by atoms with Crippen LogP contribution >= 0.6 is 0 Å². The van der Waals surface area contributed by atoms with Gasteiger partial charge in [0.15, 0.2) is 0 Å². The number of nitrogens with two attached hydrogens (primary N) is 1. The molecule has 0 aliphatic rings. The van der Waals surface area contributed by atoms with Crippen LogP contribution in [-0.2, 0) is 6.42 Å². The summed E-state index contributed by atoms with van der Waals surface area (Å²) in [4.78, 5) is 4.44. The fourth-order valence-corrected chi connectivity index (χ4v) is 1.93. The van der Waals surface area contributed by atoms with Gasteiger partial charge in [-0.1, -0.05) is 13.0 Å². The van der Waals surface area contributed by atoms with Gasteiger partial charge in [0.05, 0.1) is 0 Å². The Balaban J connectivity index is 2.34. The number of aromatic nitrogens is 2. The first-order valence-electron chi connectivity index (χ1n) is 6.06. The second-order valence-electron chi connectivity index (χ2n) is 4.39. The summed E-state index contributed by atoms with van der Waals surface area (Å²) < 4.78 is 2.13. The molecule has 3 nitrogen and oxygen atoms in total. The van der Waals surface area contributed by atoms with Gasteiger partial charge in [0.25, 0.3) is 0 Å². The van der Waals surface area contributed by atoms with Crippen molar-refractivity contribution in [3.63, 3.8) is 0 Å². The minimum Gasteiger partial charge on any atom is -0.327 e. The summed E-state index contributed by atoms with van der Waals surface area (Å²) in [6, 6.07) is 8.41. The van der Waals surface area contributed by atoms with E-state index in [0.717, 1.165) is 18.7 Å². The van der Waals surface area contributed by atoms with E-state index in [2.05, 4.69) is 35.5 Å². The van der Waals surface area contributed by atoms with Crippen molar-refractivity contribution in [1.29, 1.82) is 0 Å². The highest BCUT2D eigenvalue weighted by atomic mass is 15.1. The highest BCUT2D eigenvalue weighted by molar-refractivity contribution is 5.35. The third-order valence-corrected chi connectivity index (χ3v) is 3.04. The monoisotopic (exact) mass is 229 g/mol. The Morgan fingerprint density at radius 3 is 2.88 bits per heavy atom. The van der Waals surface area contributed by atoms with Crippen molar-refractivity contribution in [2.45, 2.75) is 32.7 Å². The largest absolute Gasteiger partial charge is 0.327 e. The molecule has 0 spiro atoms. The van der Waals surface area contributed by atoms with Crippen molar-refractivity contribution >= 4 is 0 Å². The Hall–Kier alpha value is -1.61. The molecule has 1 atom stereocenters. The second-order valence-corrected chi connectivity index (χ2v) is 4.39. The highest BCUT2D eigenvalue weighted by Gasteiger charge is 2.09. The number of hydrogen-bond donors (Lipinski definition) is 1. The van der Waals surface area contributed by atoms with E-state index in [-0.39, 0.29) is 6.04 Å². The van der Waals surface area contributed by atoms with Crippen molar-refractivity contribution in [2.24, 2.45) is 5.73 Å². The molecule has 0 bridgehead atoms. The molecule has 17 heavy (non-hydrogen) atoms. The van der Waals surface area contributed by atoms with Crippen LogP contribution < -0.4 is 5.73 Å². The molecule has 0 saturated carbocycles. The predicted molar refractivity (Wildman–Crippen MR) is 70.3 cm³/mol. The van der Waals surface area contributed by atoms with Crippen LogP contribution in [0.3, 0.4) is 0 Å². The molecule has 3 heteroatoms. The van der Waals surface area contributed by atoms with E-state index in [0.29, 0.717) is 0 Å². The fourth-order valence-electron chi connectivity index (χ4n) is 1.93. The molecule has 2 N–H and O–H groups in total. The summed E-state index contributed by atoms with van der Waals surface area (Å²) in [7, 11) is 0. The van der Waals surface area contributed by atoms with Crippen molar-refractivity contribution < 1.29 is 0 Å². The van der Waals surface area contributed by atoms with Gasteiger partial charge in [-0.05, 0) is 37.1 Å². The summed E-state index contributed by atoms with van der Waals surface area (Å²) in [5, 5.41) is 0. The standard InChI is InChI=1S/C14H19N3/c1-3-12(15)10-13-7-5-9-17(13)14-11(2)6-4-8-16-14/h4-9,12H,3,10,15H2,1-2H3. The molecule has 2 aromatic heterocycles. The fraction of sp³-hybridized carbons (Fsp3) is 0.357. The molecule has 0 fully saturated rings. The lowest BCUT2D eigenvalue weighted by Gasteiger charge is -2.13. The average molecular weight is 229 g/mol. The Kier molecular flexibility index (Phi) is 3.59. The molecular weight excluding hydrogens is 210 g/mol. The van der Waals surface area contributed by atoms with Gasteiger partial charge in [-0.3, -0.25) is 0 Å². The maximum atomic E-state index is 6.02. The molecule has 0 amide bonds. The molecule has 0 aliphatic heterocycles. The Morgan fingerprint density at radius 1 is 1.35 bits per heavy atom. The first-order chi connectivity index (χ1) is 8.22. The Bertz CT molecular complexity index is 488. The van der Waals surface area contributed by atoms with Crippen LogP contribution in [0.5, 0.6) is 0 Å². The van der Waals surface area contributed by atoms with E-state index in [4.69, 9.17) is 5.73 Å². The number of pyridine rings is 1. The zero-order valence-electron chi connectivity index (χ0n) is 10.4. The summed E-state index contributed by atoms with van der Waals surface area (Å²) in [6.45, 7) is 4.19. The van der Waals surface area contributed by atoms with Gasteiger partial charge in [0, 0.05) is 30.6 Å². The van der Waals surface area contributed by atoms with E-state index in [1.54, 1.807) is 0 Å².